The number of rotatable bonds is 34. The van der Waals surface area contributed by atoms with Crippen LogP contribution in [-0.2, 0) is 97.0 Å². The third kappa shape index (κ3) is 52.4. The smallest absolute Gasteiger partial charge is 0.423 e. The molecule has 0 fully saturated rings. The monoisotopic (exact) mass is 2200 g/mol. The third-order valence-corrected chi connectivity index (χ3v) is 25.3. The Kier molecular flexibility index (Phi) is 51.7. The fourth-order valence-electron chi connectivity index (χ4n) is 10.8. The van der Waals surface area contributed by atoms with Gasteiger partial charge in [0.15, 0.2) is 5.11 Å². The lowest BCUT2D eigenvalue weighted by Crippen LogP contribution is -2.44. The topological polar surface area (TPSA) is 578 Å². The van der Waals surface area contributed by atoms with E-state index in [4.69, 9.17) is 94.4 Å². The second kappa shape index (κ2) is 60.2. The predicted octanol–water partition coefficient (Wildman–Crippen LogP) is 19.3. The molecule has 5 amide bonds. The zero-order chi connectivity index (χ0) is 107. The van der Waals surface area contributed by atoms with Crippen molar-refractivity contribution in [1.29, 1.82) is 0 Å². The van der Waals surface area contributed by atoms with Crippen LogP contribution in [0.5, 0.6) is 0 Å². The number of carboxylic acid groups (broad SMARTS) is 1. The van der Waals surface area contributed by atoms with Crippen molar-refractivity contribution in [3.05, 3.63) is 306 Å². The molecule has 770 valence electrons. The zero-order valence-electron chi connectivity index (χ0n) is 78.2. The molecule has 10 aromatic rings. The van der Waals surface area contributed by atoms with Crippen molar-refractivity contribution in [3.8, 4) is 0 Å². The van der Waals surface area contributed by atoms with Crippen molar-refractivity contribution in [3.63, 3.8) is 0 Å². The number of non-ortho nitro benzene ring substituents is 2. The molecule has 143 heavy (non-hydrogen) atoms. The molecule has 0 aromatic heterocycles. The second-order valence-corrected chi connectivity index (χ2v) is 44.0. The third-order valence-electron chi connectivity index (χ3n) is 17.2. The zero-order valence-corrected chi connectivity index (χ0v) is 87.7. The molecule has 0 bridgehead atoms. The number of nitro benzene ring substituents is 2. The van der Waals surface area contributed by atoms with Crippen molar-refractivity contribution in [2.45, 2.75) is 181 Å². The molecule has 0 unspecified atom stereocenters. The normalized spacial score (nSPS) is 11.1. The lowest BCUT2D eigenvalue weighted by Gasteiger charge is -2.19. The maximum atomic E-state index is 12.7. The van der Waals surface area contributed by atoms with Crippen molar-refractivity contribution in [2.75, 3.05) is 21.7 Å². The van der Waals surface area contributed by atoms with Gasteiger partial charge in [-0.3, -0.25) is 40.0 Å². The van der Waals surface area contributed by atoms with Gasteiger partial charge < -0.3 is 41.0 Å². The van der Waals surface area contributed by atoms with Gasteiger partial charge in [0.1, 0.15) is 16.8 Å². The number of amides is 5. The highest BCUT2D eigenvalue weighted by Crippen LogP contribution is 2.29. The average Bonchev–Trinajstić information content (AvgIpc) is 0.837. The van der Waals surface area contributed by atoms with E-state index >= 15 is 0 Å². The van der Waals surface area contributed by atoms with Crippen LogP contribution >= 0.6 is 81.5 Å². The van der Waals surface area contributed by atoms with E-state index in [1.807, 2.05) is 80.5 Å². The molecule has 0 aliphatic carbocycles. The summed E-state index contributed by atoms with van der Waals surface area (Å²) in [6.07, 6.45) is 5.90. The van der Waals surface area contributed by atoms with E-state index in [0.29, 0.717) is 61.4 Å². The van der Waals surface area contributed by atoms with Gasteiger partial charge in [-0.25, -0.2) is 72.7 Å². The van der Waals surface area contributed by atoms with Crippen LogP contribution in [0.25, 0.3) is 0 Å². The number of nitro groups is 2. The number of aryl methyl sites for hydroxylation is 3. The first-order valence-corrected chi connectivity index (χ1v) is 52.9. The van der Waals surface area contributed by atoms with Gasteiger partial charge in [-0.15, -0.1) is 19.3 Å². The Morgan fingerprint density at radius 3 is 1.06 bits per heavy atom. The van der Waals surface area contributed by atoms with Crippen LogP contribution in [0.15, 0.2) is 278 Å². The first-order valence-electron chi connectivity index (χ1n) is 42.3. The Morgan fingerprint density at radius 2 is 0.713 bits per heavy atom. The number of halogens is 5. The maximum Gasteiger partial charge on any atom is 0.423 e. The molecule has 0 aliphatic heterocycles. The number of aliphatic carboxylic acids is 1. The largest absolute Gasteiger partial charge is 0.481 e. The number of benzene rings is 10. The Morgan fingerprint density at radius 1 is 0.392 bits per heavy atom. The number of thiocarbonyl (C=S) groups is 2. The van der Waals surface area contributed by atoms with Crippen molar-refractivity contribution in [2.24, 2.45) is 4.99 Å². The van der Waals surface area contributed by atoms with Gasteiger partial charge in [0, 0.05) is 77.0 Å². The van der Waals surface area contributed by atoms with Crippen molar-refractivity contribution in [1.82, 2.24) is 41.0 Å². The number of carbonyl (C=O) groups is 6. The number of nitrogen functional groups attached to an aromatic ring is 1. The highest BCUT2D eigenvalue weighted by molar-refractivity contribution is 8.13. The van der Waals surface area contributed by atoms with E-state index < -0.39 is 100 Å². The summed E-state index contributed by atoms with van der Waals surface area (Å²) in [5, 5.41) is 41.5. The molecule has 0 radical (unpaired) electrons. The summed E-state index contributed by atoms with van der Waals surface area (Å²) in [6, 6.07) is 66.4. The number of hydrogen-bond donors (Lipinski definition) is 13. The molecule has 51 heteroatoms. The molecule has 0 heterocycles. The molecule has 0 atom stereocenters. The number of unbranched alkanes of at least 4 members (excludes halogenated alkanes) is 3. The summed E-state index contributed by atoms with van der Waals surface area (Å²) in [6.45, 7) is 14.8. The number of carboxylic acids is 1. The Balaban J connectivity index is 0.000000361. The number of ether oxygens (including phenoxy) is 3. The van der Waals surface area contributed by atoms with E-state index in [1.54, 1.807) is 128 Å². The second-order valence-electron chi connectivity index (χ2n) is 32.5. The molecular weight excluding hydrogens is 2100 g/mol. The minimum atomic E-state index is -4.13. The quantitative estimate of drug-likeness (QED) is 0.00260. The van der Waals surface area contributed by atoms with Gasteiger partial charge in [-0.2, -0.15) is 4.99 Å². The molecule has 39 nitrogen and oxygen atoms in total. The maximum absolute atomic E-state index is 12.7. The number of nitrogens with one attached hydrogen (secondary N) is 11. The minimum absolute atomic E-state index is 0.00641. The molecular formula is C92H106Cl5N15O24S7. The number of carbonyl (C=O) groups excluding carboxylic acids is 5. The van der Waals surface area contributed by atoms with Crippen LogP contribution in [0.3, 0.4) is 0 Å². The Labute approximate surface area is 864 Å². The van der Waals surface area contributed by atoms with Gasteiger partial charge in [0.05, 0.1) is 65.3 Å². The lowest BCUT2D eigenvalue weighted by atomic mass is 10.1. The number of sulfonamides is 4. The molecule has 10 aromatic carbocycles. The minimum Gasteiger partial charge on any atom is -0.481 e. The highest BCUT2D eigenvalue weighted by atomic mass is 35.7. The van der Waals surface area contributed by atoms with E-state index in [0.717, 1.165) is 82.1 Å². The van der Waals surface area contributed by atoms with Crippen LogP contribution in [-0.4, -0.2) is 120 Å². The fraction of sp³-hybridized carbons (Fsp3) is 0.261. The summed E-state index contributed by atoms with van der Waals surface area (Å²) in [5.74, 6) is -1.07. The summed E-state index contributed by atoms with van der Waals surface area (Å²) in [5.41, 5.74) is 16.8. The number of nitrogens with zero attached hydrogens (tertiary/aromatic N) is 3. The molecule has 0 saturated carbocycles. The lowest BCUT2D eigenvalue weighted by molar-refractivity contribution is -0.385. The summed E-state index contributed by atoms with van der Waals surface area (Å²) >= 11 is 32.7. The predicted molar refractivity (Wildman–Crippen MR) is 556 cm³/mol. The summed E-state index contributed by atoms with van der Waals surface area (Å²) < 4.78 is 134. The van der Waals surface area contributed by atoms with Crippen LogP contribution < -0.4 is 62.7 Å². The van der Waals surface area contributed by atoms with E-state index in [-0.39, 0.29) is 59.2 Å². The van der Waals surface area contributed by atoms with E-state index in [2.05, 4.69) is 85.0 Å². The number of aliphatic imine (C=N–C) groups is 1. The number of isothiocyanates is 1. The number of hydrogen-bond acceptors (Lipinski definition) is 27. The Hall–Kier alpha value is -12.5. The molecule has 10 rings (SSSR count). The van der Waals surface area contributed by atoms with Crippen molar-refractivity contribution >= 4 is 217 Å². The first-order chi connectivity index (χ1) is 66.8. The summed E-state index contributed by atoms with van der Waals surface area (Å²) in [4.78, 5) is 99.2. The molecule has 14 N–H and O–H groups in total. The van der Waals surface area contributed by atoms with Gasteiger partial charge in [-0.05, 0) is 264 Å². The van der Waals surface area contributed by atoms with Crippen LogP contribution in [0, 0.1) is 20.2 Å². The number of nitrogens with two attached hydrogens (primary N) is 1. The number of hydrazine groups is 4. The molecule has 0 saturated heterocycles. The van der Waals surface area contributed by atoms with Gasteiger partial charge in [0.2, 0.25) is 11.8 Å². The van der Waals surface area contributed by atoms with Crippen LogP contribution in [0.4, 0.5) is 54.2 Å². The van der Waals surface area contributed by atoms with Gasteiger partial charge in [0.25, 0.3) is 60.5 Å². The van der Waals surface area contributed by atoms with E-state index in [9.17, 15) is 91.1 Å². The Bertz CT molecular complexity index is 6640. The van der Waals surface area contributed by atoms with Crippen LogP contribution in [0.2, 0.25) is 20.1 Å². The van der Waals surface area contributed by atoms with E-state index in [1.165, 1.54) is 89.5 Å². The van der Waals surface area contributed by atoms with Gasteiger partial charge in [-0.1, -0.05) is 168 Å². The molecule has 0 spiro atoms. The van der Waals surface area contributed by atoms with Crippen LogP contribution in [0.1, 0.15) is 137 Å². The fourth-order valence-corrected chi connectivity index (χ4v) is 16.1. The number of anilines is 4. The summed E-state index contributed by atoms with van der Waals surface area (Å²) in [7, 11) is -14.9. The van der Waals surface area contributed by atoms with Crippen molar-refractivity contribution < 1.29 is 100 Å². The highest BCUT2D eigenvalue weighted by Gasteiger charge is 2.26. The standard InChI is InChI=1S/C24H24Cl2N4O3S2.C22H29N3O5S.C11H15N3O6S.C11H17N3O4S.C11H14O2.C7H3Cl2NS.C6H4ClNO4S/c25-21-14-13-19(16-22(21)26)28-24(34)29-30-35(32,33)20-11-6-10-18(15-20)27-23(31)12-5-4-9-17-7-2-1-3-8-17;1-22(2,3)30-21(27)24-25-31(28,29)19-14-9-13-18(16-19)23-20(26)15-8-7-12-17-10-5-4-6-11-17;1-11(2,3)20-10(15)12-13-21(18,19)9-6-4-5-8(7-9)14(16)17;1-11(2,3)18-10(15)13-14-19(16,17)9-6-4-5-8(12)7-9;12-11(13)9-5-4-8-10-6-2-1-3-7-10;8-6-2-1-5(10-4-11)3-7(6)9;7-13(11,12)6-3-1-2-5(4-6)8(9)10/h1-3,6-8,10-11,13-16,30H,4-5,9,12H2,(H,27,31)(H2,28,29,34);4-6,9-11,13-14,16,25H,7-8,12,15H2,1-3H3,(H,23,26)(H,24,27);4-7,13H,1-3H3,(H,12,15);4-7,14H,12H2,1-3H3,(H,13,15);1-3,6-7H,4-5,8-9H2,(H,12,13);1-3H;1-4H. The average molecular weight is 2210 g/mol. The SMILES string of the molecule is CC(C)(C)OC(=O)NNS(=O)(=O)c1cccc(N)c1.CC(C)(C)OC(=O)NNS(=O)(=O)c1cccc(NC(=O)CCCCc2ccccc2)c1.CC(C)(C)OC(=O)NNS(=O)(=O)c1cccc([N+](=O)[O-])c1.O=C(CCCCc1ccccc1)Nc1cccc(S(=O)(=O)NNC(=S)Nc2ccc(Cl)c(Cl)c2)c1.O=C(O)CCCCc1ccccc1.O=[N+]([O-])c1cccc(S(=O)(=O)Cl)c1.S=C=Nc1ccc(Cl)c(Cl)c1. The van der Waals surface area contributed by atoms with Gasteiger partial charge >= 0.3 is 24.2 Å². The molecule has 0 aliphatic rings. The first kappa shape index (κ1) is 123.